The van der Waals surface area contributed by atoms with Gasteiger partial charge in [0, 0.05) is 12.2 Å². The molecule has 2 amide bonds. The van der Waals surface area contributed by atoms with E-state index in [9.17, 15) is 18.8 Å². The van der Waals surface area contributed by atoms with Gasteiger partial charge in [0.1, 0.15) is 11.6 Å². The first-order valence-corrected chi connectivity index (χ1v) is 5.05. The summed E-state index contributed by atoms with van der Waals surface area (Å²) in [7, 11) is 1.15. The minimum atomic E-state index is -1.05. The summed E-state index contributed by atoms with van der Waals surface area (Å²) in [6.45, 7) is 0. The van der Waals surface area contributed by atoms with Crippen LogP contribution in [0.2, 0.25) is 0 Å². The number of carbonyl (C=O) groups excluding carboxylic acids is 3. The van der Waals surface area contributed by atoms with E-state index in [0.717, 1.165) is 31.4 Å². The predicted molar refractivity (Wildman–Crippen MR) is 61.7 cm³/mol. The number of nitrogens with one attached hydrogen (secondary N) is 1. The number of esters is 1. The lowest BCUT2D eigenvalue weighted by atomic mass is 10.3. The maximum Gasteiger partial charge on any atom is 0.419 e. The smallest absolute Gasteiger partial charge is 0.419 e. The molecule has 0 aliphatic heterocycles. The quantitative estimate of drug-likeness (QED) is 0.656. The Bertz CT molecular complexity index is 509. The molecule has 1 rings (SSSR count). The average molecular weight is 267 g/mol. The van der Waals surface area contributed by atoms with Gasteiger partial charge >= 0.3 is 12.1 Å². The number of carbonyl (C=O) groups is 3. The van der Waals surface area contributed by atoms with Crippen LogP contribution in [0.3, 0.4) is 0 Å². The van der Waals surface area contributed by atoms with Gasteiger partial charge in [-0.1, -0.05) is 0 Å². The Kier molecular flexibility index (Phi) is 5.21. The lowest BCUT2D eigenvalue weighted by molar-refractivity contribution is -0.135. The molecule has 0 unspecified atom stereocenters. The number of hydrogen-bond acceptors (Lipinski definition) is 5. The Labute approximate surface area is 107 Å². The van der Waals surface area contributed by atoms with Crippen molar-refractivity contribution in [3.63, 3.8) is 0 Å². The molecule has 0 atom stereocenters. The van der Waals surface area contributed by atoms with Crippen molar-refractivity contribution in [3.05, 3.63) is 42.2 Å². The van der Waals surface area contributed by atoms with Gasteiger partial charge in [0.2, 0.25) is 0 Å². The van der Waals surface area contributed by atoms with E-state index in [1.165, 1.54) is 12.1 Å². The molecule has 6 nitrogen and oxygen atoms in total. The summed E-state index contributed by atoms with van der Waals surface area (Å²) >= 11 is 0. The first-order valence-electron chi connectivity index (χ1n) is 5.05. The Morgan fingerprint density at radius 1 is 1.16 bits per heavy atom. The van der Waals surface area contributed by atoms with Crippen LogP contribution in [0.15, 0.2) is 36.4 Å². The minimum Gasteiger partial charge on any atom is -0.466 e. The number of ether oxygens (including phenoxy) is 2. The van der Waals surface area contributed by atoms with Crippen molar-refractivity contribution >= 4 is 18.0 Å². The summed E-state index contributed by atoms with van der Waals surface area (Å²) < 4.78 is 21.5. The fourth-order valence-electron chi connectivity index (χ4n) is 0.989. The summed E-state index contributed by atoms with van der Waals surface area (Å²) in [5, 5.41) is 1.83. The predicted octanol–water partition coefficient (Wildman–Crippen LogP) is 1.17. The highest BCUT2D eigenvalue weighted by molar-refractivity contribution is 6.01. The third-order valence-corrected chi connectivity index (χ3v) is 1.82. The minimum absolute atomic E-state index is 0.0728. The van der Waals surface area contributed by atoms with Crippen LogP contribution in [0.1, 0.15) is 0 Å². The number of methoxy groups -OCH3 is 1. The maximum absolute atomic E-state index is 12.6. The lowest BCUT2D eigenvalue weighted by Crippen LogP contribution is -2.31. The Hall–Kier alpha value is -2.70. The van der Waals surface area contributed by atoms with Crippen molar-refractivity contribution in [2.24, 2.45) is 0 Å². The standard InChI is InChI=1S/C12H10FNO5/c1-18-11(16)7-6-10(15)14-12(17)19-9-4-2-8(13)3-5-9/h2-7H,1H3,(H,14,15,17)/b7-6+. The number of halogens is 1. The topological polar surface area (TPSA) is 81.7 Å². The highest BCUT2D eigenvalue weighted by Crippen LogP contribution is 2.10. The van der Waals surface area contributed by atoms with Gasteiger partial charge in [0.05, 0.1) is 7.11 Å². The monoisotopic (exact) mass is 267 g/mol. The van der Waals surface area contributed by atoms with Crippen molar-refractivity contribution < 1.29 is 28.2 Å². The average Bonchev–Trinajstić information content (AvgIpc) is 2.38. The van der Waals surface area contributed by atoms with E-state index in [1.54, 1.807) is 0 Å². The van der Waals surface area contributed by atoms with Gasteiger partial charge in [0.15, 0.2) is 0 Å². The highest BCUT2D eigenvalue weighted by atomic mass is 19.1. The number of rotatable bonds is 3. The number of benzene rings is 1. The zero-order chi connectivity index (χ0) is 14.3. The Morgan fingerprint density at radius 3 is 2.37 bits per heavy atom. The van der Waals surface area contributed by atoms with Crippen molar-refractivity contribution in [1.29, 1.82) is 0 Å². The van der Waals surface area contributed by atoms with Gasteiger partial charge in [-0.3, -0.25) is 10.1 Å². The molecule has 19 heavy (non-hydrogen) atoms. The second-order valence-corrected chi connectivity index (χ2v) is 3.19. The van der Waals surface area contributed by atoms with Crippen LogP contribution in [-0.2, 0) is 14.3 Å². The first-order chi connectivity index (χ1) is 9.01. The largest absolute Gasteiger partial charge is 0.466 e. The molecule has 0 spiro atoms. The van der Waals surface area contributed by atoms with Crippen LogP contribution in [0.25, 0.3) is 0 Å². The van der Waals surface area contributed by atoms with Crippen LogP contribution < -0.4 is 10.1 Å². The summed E-state index contributed by atoms with van der Waals surface area (Å²) in [5.41, 5.74) is 0. The second-order valence-electron chi connectivity index (χ2n) is 3.19. The molecule has 0 saturated carbocycles. The van der Waals surface area contributed by atoms with Gasteiger partial charge in [-0.2, -0.15) is 0 Å². The SMILES string of the molecule is COC(=O)/C=C/C(=O)NC(=O)Oc1ccc(F)cc1. The van der Waals surface area contributed by atoms with Gasteiger partial charge in [-0.15, -0.1) is 0 Å². The van der Waals surface area contributed by atoms with Crippen LogP contribution in [0.5, 0.6) is 5.75 Å². The zero-order valence-corrected chi connectivity index (χ0v) is 9.88. The fraction of sp³-hybridized carbons (Fsp3) is 0.0833. The molecule has 1 aromatic rings. The molecular weight excluding hydrogens is 257 g/mol. The molecule has 0 radical (unpaired) electrons. The molecule has 1 aromatic carbocycles. The molecule has 0 aliphatic carbocycles. The molecule has 0 aliphatic rings. The van der Waals surface area contributed by atoms with Crippen molar-refractivity contribution in [1.82, 2.24) is 5.32 Å². The molecule has 0 heterocycles. The molecule has 0 fully saturated rings. The summed E-state index contributed by atoms with van der Waals surface area (Å²) in [4.78, 5) is 33.1. The number of amides is 2. The molecule has 0 saturated heterocycles. The number of imide groups is 1. The van der Waals surface area contributed by atoms with Crippen molar-refractivity contribution in [2.75, 3.05) is 7.11 Å². The molecular formula is C12H10FNO5. The van der Waals surface area contributed by atoms with Gasteiger partial charge in [-0.05, 0) is 24.3 Å². The summed E-state index contributed by atoms with van der Waals surface area (Å²) in [5.74, 6) is -1.99. The van der Waals surface area contributed by atoms with E-state index in [2.05, 4.69) is 9.47 Å². The maximum atomic E-state index is 12.6. The van der Waals surface area contributed by atoms with Gasteiger partial charge in [-0.25, -0.2) is 14.0 Å². The normalized spacial score (nSPS) is 10.0. The molecule has 100 valence electrons. The van der Waals surface area contributed by atoms with Gasteiger partial charge < -0.3 is 9.47 Å². The van der Waals surface area contributed by atoms with E-state index in [4.69, 9.17) is 0 Å². The Balaban J connectivity index is 2.47. The fourth-order valence-corrected chi connectivity index (χ4v) is 0.989. The van der Waals surface area contributed by atoms with E-state index < -0.39 is 23.8 Å². The van der Waals surface area contributed by atoms with E-state index in [-0.39, 0.29) is 5.75 Å². The molecule has 0 aromatic heterocycles. The third-order valence-electron chi connectivity index (χ3n) is 1.82. The molecule has 0 bridgehead atoms. The third kappa shape index (κ3) is 5.44. The molecule has 7 heteroatoms. The highest BCUT2D eigenvalue weighted by Gasteiger charge is 2.08. The van der Waals surface area contributed by atoms with E-state index >= 15 is 0 Å². The summed E-state index contributed by atoms with van der Waals surface area (Å²) in [6, 6.07) is 4.65. The second kappa shape index (κ2) is 6.90. The van der Waals surface area contributed by atoms with Gasteiger partial charge in [0.25, 0.3) is 5.91 Å². The Morgan fingerprint density at radius 2 is 1.79 bits per heavy atom. The van der Waals surface area contributed by atoms with Crippen molar-refractivity contribution in [2.45, 2.75) is 0 Å². The van der Waals surface area contributed by atoms with Crippen molar-refractivity contribution in [3.8, 4) is 5.75 Å². The van der Waals surface area contributed by atoms with Crippen LogP contribution in [-0.4, -0.2) is 25.1 Å². The first kappa shape index (κ1) is 14.4. The van der Waals surface area contributed by atoms with Crippen LogP contribution in [0, 0.1) is 5.82 Å². The van der Waals surface area contributed by atoms with Crippen LogP contribution >= 0.6 is 0 Å². The van der Waals surface area contributed by atoms with E-state index in [0.29, 0.717) is 0 Å². The lowest BCUT2D eigenvalue weighted by Gasteiger charge is -2.03. The molecule has 1 N–H and O–H groups in total. The van der Waals surface area contributed by atoms with E-state index in [1.807, 2.05) is 5.32 Å². The zero-order valence-electron chi connectivity index (χ0n) is 9.88. The van der Waals surface area contributed by atoms with Crippen LogP contribution in [0.4, 0.5) is 9.18 Å². The number of hydrogen-bond donors (Lipinski definition) is 1. The summed E-state index contributed by atoms with van der Waals surface area (Å²) in [6.07, 6.45) is 0.615.